The minimum atomic E-state index is 0.595. The standard InChI is InChI=1S/C72H48N6/c1-45-5-29-67(47(3)33-45)77(63-37-59(53-15-7-49(41-73)8-16-53)35-60(38-63)54-17-9-50(42-74)10-18-54)69-31-25-57-24-28-66-70(32-26-58-23-27-65(69)71(57)72(58)66)78(68-30-6-46(2)34-48(68)4)64-39-61(55-19-11-51(43-75)12-20-55)36-62(40-64)56-21-13-52(44-76)14-22-56/h5-40H,1-4H3. The Bertz CT molecular complexity index is 4060. The van der Waals surface area contributed by atoms with E-state index in [-0.39, 0.29) is 0 Å². The Hall–Kier alpha value is -10.8. The van der Waals surface area contributed by atoms with Gasteiger partial charge in [-0.25, -0.2) is 0 Å². The molecule has 0 fully saturated rings. The third kappa shape index (κ3) is 8.77. The fraction of sp³-hybridized carbons (Fsp3) is 0.0556. The van der Waals surface area contributed by atoms with E-state index in [0.29, 0.717) is 22.3 Å². The summed E-state index contributed by atoms with van der Waals surface area (Å²) in [7, 11) is 0. The van der Waals surface area contributed by atoms with Crippen LogP contribution in [0.2, 0.25) is 0 Å². The highest BCUT2D eigenvalue weighted by molar-refractivity contribution is 6.28. The third-order valence-corrected chi connectivity index (χ3v) is 15.0. The van der Waals surface area contributed by atoms with Gasteiger partial charge in [-0.3, -0.25) is 0 Å². The summed E-state index contributed by atoms with van der Waals surface area (Å²) in [5.74, 6) is 0. The van der Waals surface area contributed by atoms with Gasteiger partial charge in [-0.15, -0.1) is 0 Å². The van der Waals surface area contributed by atoms with Crippen LogP contribution in [0.4, 0.5) is 34.1 Å². The van der Waals surface area contributed by atoms with E-state index in [1.165, 1.54) is 11.1 Å². The summed E-state index contributed by atoms with van der Waals surface area (Å²) in [6.45, 7) is 8.60. The summed E-state index contributed by atoms with van der Waals surface area (Å²) < 4.78 is 0. The maximum Gasteiger partial charge on any atom is 0.0991 e. The molecule has 78 heavy (non-hydrogen) atoms. The molecular formula is C72H48N6. The molecule has 0 saturated heterocycles. The fourth-order valence-electron chi connectivity index (χ4n) is 11.2. The normalized spacial score (nSPS) is 11.0. The first kappa shape index (κ1) is 48.2. The quantitative estimate of drug-likeness (QED) is 0.127. The van der Waals surface area contributed by atoms with E-state index in [1.54, 1.807) is 0 Å². The molecule has 0 bridgehead atoms. The van der Waals surface area contributed by atoms with Gasteiger partial charge in [0.1, 0.15) is 0 Å². The van der Waals surface area contributed by atoms with Crippen molar-refractivity contribution in [2.24, 2.45) is 0 Å². The van der Waals surface area contributed by atoms with Crippen LogP contribution in [0.3, 0.4) is 0 Å². The molecule has 0 atom stereocenters. The number of nitrogens with zero attached hydrogens (tertiary/aromatic N) is 6. The molecule has 0 unspecified atom stereocenters. The molecule has 0 aliphatic heterocycles. The van der Waals surface area contributed by atoms with Crippen molar-refractivity contribution in [1.82, 2.24) is 0 Å². The van der Waals surface area contributed by atoms with E-state index < -0.39 is 0 Å². The van der Waals surface area contributed by atoms with Crippen LogP contribution >= 0.6 is 0 Å². The van der Waals surface area contributed by atoms with Gasteiger partial charge < -0.3 is 9.80 Å². The Morgan fingerprint density at radius 2 is 0.551 bits per heavy atom. The van der Waals surface area contributed by atoms with Crippen molar-refractivity contribution in [1.29, 1.82) is 21.0 Å². The van der Waals surface area contributed by atoms with Gasteiger partial charge in [0.15, 0.2) is 0 Å². The van der Waals surface area contributed by atoms with E-state index in [0.717, 1.165) is 122 Å². The van der Waals surface area contributed by atoms with Crippen LogP contribution in [-0.2, 0) is 0 Å². The van der Waals surface area contributed by atoms with Crippen molar-refractivity contribution in [2.75, 3.05) is 9.80 Å². The number of aryl methyl sites for hydroxylation is 4. The Morgan fingerprint density at radius 1 is 0.269 bits per heavy atom. The maximum absolute atomic E-state index is 9.73. The van der Waals surface area contributed by atoms with Crippen molar-refractivity contribution in [2.45, 2.75) is 27.7 Å². The summed E-state index contributed by atoms with van der Waals surface area (Å²) in [5, 5.41) is 45.7. The first-order valence-corrected chi connectivity index (χ1v) is 25.9. The van der Waals surface area contributed by atoms with Crippen LogP contribution in [-0.4, -0.2) is 0 Å². The van der Waals surface area contributed by atoms with Gasteiger partial charge in [0.25, 0.3) is 0 Å². The van der Waals surface area contributed by atoms with Gasteiger partial charge in [0.05, 0.1) is 57.9 Å². The molecule has 0 aliphatic carbocycles. The average molecular weight is 997 g/mol. The van der Waals surface area contributed by atoms with Crippen molar-refractivity contribution in [3.63, 3.8) is 0 Å². The van der Waals surface area contributed by atoms with Gasteiger partial charge in [-0.2, -0.15) is 21.0 Å². The zero-order chi connectivity index (χ0) is 53.6. The average Bonchev–Trinajstić information content (AvgIpc) is 3.57. The van der Waals surface area contributed by atoms with Gasteiger partial charge in [-0.05, 0) is 214 Å². The van der Waals surface area contributed by atoms with Gasteiger partial charge in [0.2, 0.25) is 0 Å². The molecule has 0 aromatic heterocycles. The lowest BCUT2D eigenvalue weighted by Crippen LogP contribution is -2.13. The van der Waals surface area contributed by atoms with Crippen molar-refractivity contribution < 1.29 is 0 Å². The lowest BCUT2D eigenvalue weighted by molar-refractivity contribution is 1.25. The highest BCUT2D eigenvalue weighted by Gasteiger charge is 2.25. The summed E-state index contributed by atoms with van der Waals surface area (Å²) in [6, 6.07) is 84.7. The number of rotatable bonds is 10. The molecule has 12 aromatic rings. The number of hydrogen-bond acceptors (Lipinski definition) is 6. The third-order valence-electron chi connectivity index (χ3n) is 15.0. The molecule has 0 amide bonds. The molecule has 0 saturated carbocycles. The SMILES string of the molecule is Cc1ccc(N(c2cc(-c3ccc(C#N)cc3)cc(-c3ccc(C#N)cc3)c2)c2ccc3ccc4c(N(c5cc(-c6ccc(C#N)cc6)cc(-c6ccc(C#N)cc6)c5)c5ccc(C)cc5C)ccc5ccc2c3c54)c(C)c1. The topological polar surface area (TPSA) is 102 Å². The molecule has 0 radical (unpaired) electrons. The number of nitriles is 4. The minimum Gasteiger partial charge on any atom is -0.310 e. The molecule has 6 heteroatoms. The zero-order valence-corrected chi connectivity index (χ0v) is 43.5. The Morgan fingerprint density at radius 3 is 0.833 bits per heavy atom. The monoisotopic (exact) mass is 996 g/mol. The summed E-state index contributed by atoms with van der Waals surface area (Å²) in [6.07, 6.45) is 0. The second-order valence-electron chi connectivity index (χ2n) is 20.1. The summed E-state index contributed by atoms with van der Waals surface area (Å²) in [5.41, 5.74) is 20.9. The van der Waals surface area contributed by atoms with Crippen molar-refractivity contribution >= 4 is 66.4 Å². The van der Waals surface area contributed by atoms with E-state index in [9.17, 15) is 21.0 Å². The first-order chi connectivity index (χ1) is 38.1. The van der Waals surface area contributed by atoms with E-state index in [2.05, 4.69) is 183 Å². The number of anilines is 6. The van der Waals surface area contributed by atoms with Gasteiger partial charge in [-0.1, -0.05) is 120 Å². The molecular weight excluding hydrogens is 949 g/mol. The fourth-order valence-corrected chi connectivity index (χ4v) is 11.2. The maximum atomic E-state index is 9.73. The summed E-state index contributed by atoms with van der Waals surface area (Å²) >= 11 is 0. The lowest BCUT2D eigenvalue weighted by Gasteiger charge is -2.31. The van der Waals surface area contributed by atoms with Gasteiger partial charge >= 0.3 is 0 Å². The number of hydrogen-bond donors (Lipinski definition) is 0. The molecule has 6 nitrogen and oxygen atoms in total. The highest BCUT2D eigenvalue weighted by Crippen LogP contribution is 2.50. The van der Waals surface area contributed by atoms with Crippen LogP contribution in [0.15, 0.2) is 218 Å². The second kappa shape index (κ2) is 19.8. The Balaban J connectivity index is 1.11. The first-order valence-electron chi connectivity index (χ1n) is 25.9. The Labute approximate surface area is 454 Å². The van der Waals surface area contributed by atoms with E-state index >= 15 is 0 Å². The van der Waals surface area contributed by atoms with Crippen molar-refractivity contribution in [3.8, 4) is 68.8 Å². The highest BCUT2D eigenvalue weighted by atomic mass is 15.2. The van der Waals surface area contributed by atoms with Crippen molar-refractivity contribution in [3.05, 3.63) is 263 Å². The predicted molar refractivity (Wildman–Crippen MR) is 319 cm³/mol. The molecule has 366 valence electrons. The molecule has 0 aliphatic rings. The van der Waals surface area contributed by atoms with Crippen LogP contribution in [0.5, 0.6) is 0 Å². The minimum absolute atomic E-state index is 0.595. The van der Waals surface area contributed by atoms with Gasteiger partial charge in [0, 0.05) is 33.5 Å². The van der Waals surface area contributed by atoms with Crippen LogP contribution in [0.1, 0.15) is 44.5 Å². The Kier molecular flexibility index (Phi) is 12.3. The predicted octanol–water partition coefficient (Wildman–Crippen LogP) is 18.9. The van der Waals surface area contributed by atoms with E-state index in [1.807, 2.05) is 97.1 Å². The largest absolute Gasteiger partial charge is 0.310 e. The second-order valence-corrected chi connectivity index (χ2v) is 20.1. The van der Waals surface area contributed by atoms with Crippen LogP contribution in [0, 0.1) is 73.0 Å². The molecule has 0 heterocycles. The molecule has 12 rings (SSSR count). The lowest BCUT2D eigenvalue weighted by atomic mass is 9.91. The molecule has 12 aromatic carbocycles. The summed E-state index contributed by atoms with van der Waals surface area (Å²) in [4.78, 5) is 4.78. The molecule has 0 N–H and O–H groups in total. The van der Waals surface area contributed by atoms with Crippen LogP contribution in [0.25, 0.3) is 76.8 Å². The molecule has 0 spiro atoms. The zero-order valence-electron chi connectivity index (χ0n) is 43.5. The van der Waals surface area contributed by atoms with E-state index in [4.69, 9.17) is 0 Å². The number of benzene rings is 12. The smallest absolute Gasteiger partial charge is 0.0991 e. The van der Waals surface area contributed by atoms with Crippen LogP contribution < -0.4 is 9.80 Å².